The topological polar surface area (TPSA) is 59.8 Å². The molecule has 6 heteroatoms. The lowest BCUT2D eigenvalue weighted by Crippen LogP contribution is -2.14. The molecule has 5 nitrogen and oxygen atoms in total. The monoisotopic (exact) mass is 330 g/mol. The number of hydrogen-bond acceptors (Lipinski definition) is 3. The molecule has 1 aromatic carbocycles. The largest absolute Gasteiger partial charge is 0.305 e. The highest BCUT2D eigenvalue weighted by Crippen LogP contribution is 2.19. The van der Waals surface area contributed by atoms with E-state index in [1.807, 2.05) is 31.3 Å². The van der Waals surface area contributed by atoms with E-state index in [1.165, 1.54) is 0 Å². The van der Waals surface area contributed by atoms with Crippen LogP contribution >= 0.6 is 15.9 Å². The molecule has 1 N–H and O–H groups in total. The summed E-state index contributed by atoms with van der Waals surface area (Å²) in [6, 6.07) is 11.1. The zero-order chi connectivity index (χ0) is 14.1. The number of rotatable bonds is 2. The predicted octanol–water partition coefficient (Wildman–Crippen LogP) is 2.98. The summed E-state index contributed by atoms with van der Waals surface area (Å²) in [5.74, 6) is 0.214. The van der Waals surface area contributed by atoms with Crippen LogP contribution in [0.1, 0.15) is 10.5 Å². The van der Waals surface area contributed by atoms with Gasteiger partial charge in [0.1, 0.15) is 5.82 Å². The molecule has 3 rings (SSSR count). The number of halogens is 1. The fourth-order valence-electron chi connectivity index (χ4n) is 2.03. The van der Waals surface area contributed by atoms with Crippen molar-refractivity contribution in [3.05, 3.63) is 52.8 Å². The fourth-order valence-corrected chi connectivity index (χ4v) is 2.37. The molecule has 0 aliphatic carbocycles. The number of hydrogen-bond donors (Lipinski definition) is 1. The Kier molecular flexibility index (Phi) is 3.23. The van der Waals surface area contributed by atoms with Crippen LogP contribution < -0.4 is 5.32 Å². The van der Waals surface area contributed by atoms with Crippen LogP contribution in [0.4, 0.5) is 5.82 Å². The molecule has 0 aliphatic rings. The maximum Gasteiger partial charge on any atom is 0.277 e. The Bertz CT molecular complexity index is 797. The van der Waals surface area contributed by atoms with Gasteiger partial charge in [-0.15, -0.1) is 0 Å². The van der Waals surface area contributed by atoms with Crippen LogP contribution in [-0.4, -0.2) is 20.7 Å². The minimum Gasteiger partial charge on any atom is -0.305 e. The standard InChI is InChI=1S/C14H11BrN4O/c1-19-11-5-3-2-4-10(11)13(18-19)14(20)17-12-8-9(15)6-7-16-12/h2-8H,1H3,(H,16,17,20). The van der Waals surface area contributed by atoms with Crippen molar-refractivity contribution in [1.29, 1.82) is 0 Å². The molecule has 0 saturated heterocycles. The molecule has 0 atom stereocenters. The van der Waals surface area contributed by atoms with Crippen molar-refractivity contribution in [3.8, 4) is 0 Å². The highest BCUT2D eigenvalue weighted by molar-refractivity contribution is 9.10. The first-order valence-electron chi connectivity index (χ1n) is 6.00. The summed E-state index contributed by atoms with van der Waals surface area (Å²) < 4.78 is 2.55. The molecule has 1 amide bonds. The van der Waals surface area contributed by atoms with Crippen LogP contribution in [0.25, 0.3) is 10.9 Å². The predicted molar refractivity (Wildman–Crippen MR) is 80.6 cm³/mol. The number of aromatic nitrogens is 3. The van der Waals surface area contributed by atoms with Gasteiger partial charge in [-0.1, -0.05) is 34.1 Å². The quantitative estimate of drug-likeness (QED) is 0.785. The number of amides is 1. The smallest absolute Gasteiger partial charge is 0.277 e. The molecular weight excluding hydrogens is 320 g/mol. The highest BCUT2D eigenvalue weighted by atomic mass is 79.9. The SMILES string of the molecule is Cn1nc(C(=O)Nc2cc(Br)ccn2)c2ccccc21. The van der Waals surface area contributed by atoms with E-state index in [9.17, 15) is 4.79 Å². The van der Waals surface area contributed by atoms with Gasteiger partial charge in [0.05, 0.1) is 5.52 Å². The number of carbonyl (C=O) groups excluding carboxylic acids is 1. The lowest BCUT2D eigenvalue weighted by atomic mass is 10.2. The summed E-state index contributed by atoms with van der Waals surface area (Å²) in [4.78, 5) is 16.4. The minimum absolute atomic E-state index is 0.271. The molecule has 100 valence electrons. The number of nitrogens with zero attached hydrogens (tertiary/aromatic N) is 3. The van der Waals surface area contributed by atoms with E-state index in [0.717, 1.165) is 15.4 Å². The lowest BCUT2D eigenvalue weighted by Gasteiger charge is -2.02. The van der Waals surface area contributed by atoms with Gasteiger partial charge < -0.3 is 5.32 Å². The Morgan fingerprint density at radius 2 is 2.10 bits per heavy atom. The van der Waals surface area contributed by atoms with Crippen LogP contribution in [0, 0.1) is 0 Å². The van der Waals surface area contributed by atoms with Gasteiger partial charge in [0.2, 0.25) is 0 Å². The zero-order valence-corrected chi connectivity index (χ0v) is 12.3. The molecule has 3 aromatic rings. The van der Waals surface area contributed by atoms with Crippen LogP contribution in [0.15, 0.2) is 47.1 Å². The average molecular weight is 331 g/mol. The van der Waals surface area contributed by atoms with Crippen molar-refractivity contribution in [2.45, 2.75) is 0 Å². The Morgan fingerprint density at radius 3 is 2.90 bits per heavy atom. The van der Waals surface area contributed by atoms with Gasteiger partial charge in [0, 0.05) is 23.1 Å². The molecule has 0 aliphatic heterocycles. The number of fused-ring (bicyclic) bond motifs is 1. The van der Waals surface area contributed by atoms with Crippen LogP contribution in [0.2, 0.25) is 0 Å². The van der Waals surface area contributed by atoms with E-state index in [1.54, 1.807) is 23.0 Å². The molecule has 2 aromatic heterocycles. The van der Waals surface area contributed by atoms with Gasteiger partial charge in [0.25, 0.3) is 5.91 Å². The number of carbonyl (C=O) groups is 1. The average Bonchev–Trinajstić information content (AvgIpc) is 2.77. The number of benzene rings is 1. The Balaban J connectivity index is 1.97. The van der Waals surface area contributed by atoms with Crippen molar-refractivity contribution in [2.75, 3.05) is 5.32 Å². The summed E-state index contributed by atoms with van der Waals surface area (Å²) >= 11 is 3.34. The Morgan fingerprint density at radius 1 is 1.30 bits per heavy atom. The van der Waals surface area contributed by atoms with Crippen molar-refractivity contribution in [1.82, 2.24) is 14.8 Å². The van der Waals surface area contributed by atoms with Crippen molar-refractivity contribution < 1.29 is 4.79 Å². The first-order chi connectivity index (χ1) is 9.65. The Labute approximate surface area is 123 Å². The third-order valence-corrected chi connectivity index (χ3v) is 3.43. The van der Waals surface area contributed by atoms with Gasteiger partial charge in [0.15, 0.2) is 5.69 Å². The summed E-state index contributed by atoms with van der Waals surface area (Å²) in [5.41, 5.74) is 1.31. The maximum absolute atomic E-state index is 12.3. The van der Waals surface area contributed by atoms with Crippen LogP contribution in [0.5, 0.6) is 0 Å². The first-order valence-corrected chi connectivity index (χ1v) is 6.79. The second kappa shape index (κ2) is 5.05. The summed E-state index contributed by atoms with van der Waals surface area (Å²) in [6.45, 7) is 0. The number of nitrogens with one attached hydrogen (secondary N) is 1. The Hall–Kier alpha value is -2.21. The number of anilines is 1. The third kappa shape index (κ3) is 2.30. The van der Waals surface area contributed by atoms with E-state index < -0.39 is 0 Å². The first kappa shape index (κ1) is 12.8. The molecule has 0 bridgehead atoms. The molecule has 0 spiro atoms. The number of pyridine rings is 1. The highest BCUT2D eigenvalue weighted by Gasteiger charge is 2.16. The van der Waals surface area contributed by atoms with Gasteiger partial charge in [-0.2, -0.15) is 5.10 Å². The van der Waals surface area contributed by atoms with E-state index in [4.69, 9.17) is 0 Å². The number of aryl methyl sites for hydroxylation is 1. The van der Waals surface area contributed by atoms with Crippen LogP contribution in [0.3, 0.4) is 0 Å². The number of para-hydroxylation sites is 1. The van der Waals surface area contributed by atoms with Gasteiger partial charge in [-0.25, -0.2) is 4.98 Å². The third-order valence-electron chi connectivity index (χ3n) is 2.94. The van der Waals surface area contributed by atoms with Crippen molar-refractivity contribution in [3.63, 3.8) is 0 Å². The van der Waals surface area contributed by atoms with Gasteiger partial charge >= 0.3 is 0 Å². The van der Waals surface area contributed by atoms with Gasteiger partial charge in [-0.05, 0) is 18.2 Å². The van der Waals surface area contributed by atoms with E-state index in [0.29, 0.717) is 11.5 Å². The molecule has 20 heavy (non-hydrogen) atoms. The second-order valence-electron chi connectivity index (χ2n) is 4.30. The van der Waals surface area contributed by atoms with Gasteiger partial charge in [-0.3, -0.25) is 9.48 Å². The summed E-state index contributed by atoms with van der Waals surface area (Å²) in [5, 5.41) is 7.84. The molecule has 0 saturated carbocycles. The zero-order valence-electron chi connectivity index (χ0n) is 10.7. The summed E-state index contributed by atoms with van der Waals surface area (Å²) in [6.07, 6.45) is 1.62. The molecule has 0 fully saturated rings. The second-order valence-corrected chi connectivity index (χ2v) is 5.22. The fraction of sp³-hybridized carbons (Fsp3) is 0.0714. The normalized spacial score (nSPS) is 10.7. The minimum atomic E-state index is -0.271. The van der Waals surface area contributed by atoms with Crippen molar-refractivity contribution in [2.24, 2.45) is 7.05 Å². The molecular formula is C14H11BrN4O. The van der Waals surface area contributed by atoms with E-state index >= 15 is 0 Å². The molecule has 0 radical (unpaired) electrons. The lowest BCUT2D eigenvalue weighted by molar-refractivity contribution is 0.102. The van der Waals surface area contributed by atoms with Crippen molar-refractivity contribution >= 4 is 38.6 Å². The van der Waals surface area contributed by atoms with Crippen LogP contribution in [-0.2, 0) is 7.05 Å². The molecule has 0 unspecified atom stereocenters. The summed E-state index contributed by atoms with van der Waals surface area (Å²) in [7, 11) is 1.82. The maximum atomic E-state index is 12.3. The van der Waals surface area contributed by atoms with E-state index in [2.05, 4.69) is 31.3 Å². The molecule has 2 heterocycles. The van der Waals surface area contributed by atoms with E-state index in [-0.39, 0.29) is 5.91 Å².